The van der Waals surface area contributed by atoms with Crippen molar-refractivity contribution in [3.05, 3.63) is 35.2 Å². The van der Waals surface area contributed by atoms with E-state index in [-0.39, 0.29) is 16.9 Å². The molecule has 0 bridgehead atoms. The van der Waals surface area contributed by atoms with E-state index in [1.807, 2.05) is 0 Å². The van der Waals surface area contributed by atoms with Crippen LogP contribution in [-0.4, -0.2) is 40.1 Å². The van der Waals surface area contributed by atoms with Gasteiger partial charge in [-0.3, -0.25) is 4.79 Å². The largest absolute Gasteiger partial charge is 0.444 e. The summed E-state index contributed by atoms with van der Waals surface area (Å²) in [6.07, 6.45) is -0.143. The Labute approximate surface area is 166 Å². The Kier molecular flexibility index (Phi) is 7.49. The zero-order chi connectivity index (χ0) is 19.9. The van der Waals surface area contributed by atoms with E-state index in [1.54, 1.807) is 45.0 Å². The van der Waals surface area contributed by atoms with Gasteiger partial charge in [0.2, 0.25) is 11.8 Å². The Hall–Kier alpha value is -2.26. The number of nitrogens with one attached hydrogen (secondary N) is 2. The van der Waals surface area contributed by atoms with E-state index in [0.717, 1.165) is 11.8 Å². The van der Waals surface area contributed by atoms with Gasteiger partial charge in [-0.1, -0.05) is 29.4 Å². The van der Waals surface area contributed by atoms with Gasteiger partial charge in [-0.15, -0.1) is 10.2 Å². The molecule has 2 N–H and O–H groups in total. The van der Waals surface area contributed by atoms with E-state index < -0.39 is 11.7 Å². The zero-order valence-electron chi connectivity index (χ0n) is 15.2. The van der Waals surface area contributed by atoms with Gasteiger partial charge in [0.15, 0.2) is 0 Å². The fourth-order valence-corrected chi connectivity index (χ4v) is 2.64. The lowest BCUT2D eigenvalue weighted by Crippen LogP contribution is -2.33. The highest BCUT2D eigenvalue weighted by atomic mass is 35.5. The first-order valence-electron chi connectivity index (χ1n) is 8.19. The van der Waals surface area contributed by atoms with Gasteiger partial charge in [0, 0.05) is 23.7 Å². The summed E-state index contributed by atoms with van der Waals surface area (Å²) in [6, 6.07) is 6.88. The summed E-state index contributed by atoms with van der Waals surface area (Å²) in [6.45, 7) is 5.67. The number of benzene rings is 1. The molecule has 2 aromatic rings. The predicted molar refractivity (Wildman–Crippen MR) is 103 cm³/mol. The van der Waals surface area contributed by atoms with Gasteiger partial charge < -0.3 is 19.8 Å². The molecule has 0 saturated carbocycles. The zero-order valence-corrected chi connectivity index (χ0v) is 16.8. The summed E-state index contributed by atoms with van der Waals surface area (Å²) < 4.78 is 10.6. The minimum absolute atomic E-state index is 0.115. The van der Waals surface area contributed by atoms with Crippen LogP contribution in [0.25, 0.3) is 0 Å². The van der Waals surface area contributed by atoms with Crippen LogP contribution in [0.5, 0.6) is 0 Å². The third-order valence-electron chi connectivity index (χ3n) is 2.89. The number of aromatic nitrogens is 2. The summed E-state index contributed by atoms with van der Waals surface area (Å²) in [7, 11) is 0. The van der Waals surface area contributed by atoms with Gasteiger partial charge >= 0.3 is 6.09 Å². The molecule has 10 heteroatoms. The minimum atomic E-state index is -0.552. The normalized spacial score (nSPS) is 11.1. The molecule has 1 aromatic carbocycles. The SMILES string of the molecule is CC(C)(C)OC(=O)NCCc1nnc(SCC(=O)Nc2cccc(Cl)c2)o1. The quantitative estimate of drug-likeness (QED) is 0.670. The minimum Gasteiger partial charge on any atom is -0.444 e. The molecule has 1 aromatic heterocycles. The average molecular weight is 413 g/mol. The molecule has 0 unspecified atom stereocenters. The standard InChI is InChI=1S/C17H21ClN4O4S/c1-17(2,3)26-15(24)19-8-7-14-21-22-16(25-14)27-10-13(23)20-12-6-4-5-11(18)9-12/h4-6,9H,7-8,10H2,1-3H3,(H,19,24)(H,20,23). The lowest BCUT2D eigenvalue weighted by Gasteiger charge is -2.19. The monoisotopic (exact) mass is 412 g/mol. The highest BCUT2D eigenvalue weighted by Gasteiger charge is 2.16. The Bertz CT molecular complexity index is 791. The number of hydrogen-bond donors (Lipinski definition) is 2. The van der Waals surface area contributed by atoms with Crippen molar-refractivity contribution in [1.82, 2.24) is 15.5 Å². The molecule has 0 radical (unpaired) electrons. The van der Waals surface area contributed by atoms with Crippen LogP contribution in [0.2, 0.25) is 5.02 Å². The lowest BCUT2D eigenvalue weighted by atomic mass is 10.2. The molecule has 0 aliphatic carbocycles. The van der Waals surface area contributed by atoms with Gasteiger partial charge in [-0.25, -0.2) is 4.79 Å². The Morgan fingerprint density at radius 2 is 2.07 bits per heavy atom. The maximum Gasteiger partial charge on any atom is 0.407 e. The average Bonchev–Trinajstić information content (AvgIpc) is 2.99. The summed E-state index contributed by atoms with van der Waals surface area (Å²) in [4.78, 5) is 23.5. The number of carbonyl (C=O) groups is 2. The first-order chi connectivity index (χ1) is 12.7. The van der Waals surface area contributed by atoms with Crippen molar-refractivity contribution in [1.29, 1.82) is 0 Å². The first kappa shape index (κ1) is 21.0. The summed E-state index contributed by atoms with van der Waals surface area (Å²) in [5.41, 5.74) is 0.0665. The number of ether oxygens (including phenoxy) is 1. The van der Waals surface area contributed by atoms with E-state index in [0.29, 0.717) is 29.6 Å². The number of thioether (sulfide) groups is 1. The van der Waals surface area contributed by atoms with Crippen molar-refractivity contribution in [2.75, 3.05) is 17.6 Å². The second kappa shape index (κ2) is 9.61. The third-order valence-corrected chi connectivity index (χ3v) is 3.94. The van der Waals surface area contributed by atoms with E-state index in [9.17, 15) is 9.59 Å². The summed E-state index contributed by atoms with van der Waals surface area (Å²) in [5.74, 6) is 0.266. The number of carbonyl (C=O) groups excluding carboxylic acids is 2. The molecule has 2 amide bonds. The summed E-state index contributed by atoms with van der Waals surface area (Å²) in [5, 5.41) is 13.9. The van der Waals surface area contributed by atoms with Crippen LogP contribution in [-0.2, 0) is 16.0 Å². The van der Waals surface area contributed by atoms with Crippen molar-refractivity contribution in [2.45, 2.75) is 38.0 Å². The molecule has 0 fully saturated rings. The highest BCUT2D eigenvalue weighted by Crippen LogP contribution is 2.18. The van der Waals surface area contributed by atoms with Gasteiger partial charge in [0.05, 0.1) is 5.75 Å². The van der Waals surface area contributed by atoms with Crippen LogP contribution < -0.4 is 10.6 Å². The fraction of sp³-hybridized carbons (Fsp3) is 0.412. The van der Waals surface area contributed by atoms with Gasteiger partial charge in [-0.05, 0) is 39.0 Å². The van der Waals surface area contributed by atoms with Crippen LogP contribution in [0.15, 0.2) is 33.9 Å². The number of hydrogen-bond acceptors (Lipinski definition) is 7. The van der Waals surface area contributed by atoms with Gasteiger partial charge in [0.25, 0.3) is 5.22 Å². The molecule has 27 heavy (non-hydrogen) atoms. The molecular formula is C17H21ClN4O4S. The molecule has 0 saturated heterocycles. The second-order valence-corrected chi connectivity index (χ2v) is 7.85. The van der Waals surface area contributed by atoms with E-state index in [1.165, 1.54) is 0 Å². The van der Waals surface area contributed by atoms with Crippen molar-refractivity contribution in [3.63, 3.8) is 0 Å². The molecule has 146 valence electrons. The van der Waals surface area contributed by atoms with Crippen LogP contribution in [0.4, 0.5) is 10.5 Å². The molecule has 8 nitrogen and oxygen atoms in total. The van der Waals surface area contributed by atoms with Crippen LogP contribution >= 0.6 is 23.4 Å². The molecule has 0 atom stereocenters. The van der Waals surface area contributed by atoms with Crippen LogP contribution in [0.1, 0.15) is 26.7 Å². The van der Waals surface area contributed by atoms with Crippen LogP contribution in [0.3, 0.4) is 0 Å². The molecule has 0 spiro atoms. The number of alkyl carbamates (subject to hydrolysis) is 1. The Balaban J connectivity index is 1.71. The van der Waals surface area contributed by atoms with Crippen molar-refractivity contribution < 1.29 is 18.7 Å². The van der Waals surface area contributed by atoms with E-state index >= 15 is 0 Å². The number of rotatable bonds is 7. The van der Waals surface area contributed by atoms with E-state index in [4.69, 9.17) is 20.8 Å². The lowest BCUT2D eigenvalue weighted by molar-refractivity contribution is -0.113. The van der Waals surface area contributed by atoms with Gasteiger partial charge in [-0.2, -0.15) is 0 Å². The molecular weight excluding hydrogens is 392 g/mol. The van der Waals surface area contributed by atoms with Crippen molar-refractivity contribution in [3.8, 4) is 0 Å². The van der Waals surface area contributed by atoms with Crippen molar-refractivity contribution >= 4 is 41.1 Å². The number of amides is 2. The molecule has 1 heterocycles. The Morgan fingerprint density at radius 3 is 2.78 bits per heavy atom. The fourth-order valence-electron chi connectivity index (χ4n) is 1.87. The number of anilines is 1. The van der Waals surface area contributed by atoms with Gasteiger partial charge in [0.1, 0.15) is 5.60 Å². The van der Waals surface area contributed by atoms with E-state index in [2.05, 4.69) is 20.8 Å². The van der Waals surface area contributed by atoms with Crippen LogP contribution in [0, 0.1) is 0 Å². The Morgan fingerprint density at radius 1 is 1.30 bits per heavy atom. The second-order valence-electron chi connectivity index (χ2n) is 6.49. The smallest absolute Gasteiger partial charge is 0.407 e. The topological polar surface area (TPSA) is 106 Å². The predicted octanol–water partition coefficient (Wildman–Crippen LogP) is 3.52. The highest BCUT2D eigenvalue weighted by molar-refractivity contribution is 7.99. The number of nitrogens with zero attached hydrogens (tertiary/aromatic N) is 2. The number of halogens is 1. The maximum atomic E-state index is 11.9. The molecule has 0 aliphatic rings. The summed E-state index contributed by atoms with van der Waals surface area (Å²) >= 11 is 7.00. The van der Waals surface area contributed by atoms with Crippen molar-refractivity contribution in [2.24, 2.45) is 0 Å². The first-order valence-corrected chi connectivity index (χ1v) is 9.55. The molecule has 2 rings (SSSR count). The molecule has 0 aliphatic heterocycles. The third kappa shape index (κ3) is 8.31. The maximum absolute atomic E-state index is 11.9.